The summed E-state index contributed by atoms with van der Waals surface area (Å²) in [6, 6.07) is 5.01. The number of nitrogens with one attached hydrogen (secondary N) is 1. The first kappa shape index (κ1) is 15.0. The zero-order valence-electron chi connectivity index (χ0n) is 10.3. The van der Waals surface area contributed by atoms with Gasteiger partial charge in [-0.05, 0) is 37.1 Å². The van der Waals surface area contributed by atoms with Gasteiger partial charge in [0.15, 0.2) is 0 Å². The Kier molecular flexibility index (Phi) is 5.62. The molecule has 2 nitrogen and oxygen atoms in total. The third-order valence-corrected chi connectivity index (χ3v) is 2.67. The monoisotopic (exact) mass is 261 g/mol. The van der Waals surface area contributed by atoms with Crippen LogP contribution in [-0.2, 0) is 6.18 Å². The average Bonchev–Trinajstić information content (AvgIpc) is 2.33. The van der Waals surface area contributed by atoms with Crippen LogP contribution in [0.3, 0.4) is 0 Å². The van der Waals surface area contributed by atoms with Gasteiger partial charge in [0, 0.05) is 12.6 Å². The SMILES string of the molecule is CCCNC(CCO)c1cccc(C(F)(F)F)c1. The molecule has 5 heteroatoms. The summed E-state index contributed by atoms with van der Waals surface area (Å²) in [6.07, 6.45) is -3.03. The minimum Gasteiger partial charge on any atom is -0.396 e. The molecule has 1 atom stereocenters. The van der Waals surface area contributed by atoms with Crippen LogP contribution >= 0.6 is 0 Å². The molecular formula is C13H18F3NO. The molecule has 0 aliphatic carbocycles. The molecule has 2 N–H and O–H groups in total. The van der Waals surface area contributed by atoms with Gasteiger partial charge in [0.25, 0.3) is 0 Å². The maximum Gasteiger partial charge on any atom is 0.416 e. The van der Waals surface area contributed by atoms with Gasteiger partial charge in [-0.2, -0.15) is 13.2 Å². The van der Waals surface area contributed by atoms with Gasteiger partial charge in [0.1, 0.15) is 0 Å². The number of aliphatic hydroxyl groups is 1. The number of hydrogen-bond acceptors (Lipinski definition) is 2. The van der Waals surface area contributed by atoms with Gasteiger partial charge in [0.2, 0.25) is 0 Å². The molecule has 0 aromatic heterocycles. The van der Waals surface area contributed by atoms with Gasteiger partial charge in [-0.1, -0.05) is 19.1 Å². The van der Waals surface area contributed by atoms with Gasteiger partial charge in [-0.15, -0.1) is 0 Å². The van der Waals surface area contributed by atoms with Crippen LogP contribution < -0.4 is 5.32 Å². The molecule has 0 radical (unpaired) electrons. The van der Waals surface area contributed by atoms with Crippen molar-refractivity contribution in [1.82, 2.24) is 5.32 Å². The number of halogens is 3. The first-order chi connectivity index (χ1) is 8.49. The fourth-order valence-corrected chi connectivity index (χ4v) is 1.77. The van der Waals surface area contributed by atoms with Crippen LogP contribution in [0.2, 0.25) is 0 Å². The quantitative estimate of drug-likeness (QED) is 0.824. The van der Waals surface area contributed by atoms with Crippen LogP contribution in [0, 0.1) is 0 Å². The van der Waals surface area contributed by atoms with Crippen LogP contribution in [0.1, 0.15) is 36.9 Å². The smallest absolute Gasteiger partial charge is 0.396 e. The standard InChI is InChI=1S/C13H18F3NO/c1-2-7-17-12(6-8-18)10-4-3-5-11(9-10)13(14,15)16/h3-5,9,12,17-18H,2,6-8H2,1H3. The summed E-state index contributed by atoms with van der Waals surface area (Å²) in [4.78, 5) is 0. The predicted molar refractivity (Wildman–Crippen MR) is 64.2 cm³/mol. The van der Waals surface area contributed by atoms with E-state index in [4.69, 9.17) is 5.11 Å². The first-order valence-corrected chi connectivity index (χ1v) is 6.00. The summed E-state index contributed by atoms with van der Waals surface area (Å²) >= 11 is 0. The third-order valence-electron chi connectivity index (χ3n) is 2.67. The molecule has 18 heavy (non-hydrogen) atoms. The summed E-state index contributed by atoms with van der Waals surface area (Å²) in [7, 11) is 0. The highest BCUT2D eigenvalue weighted by Crippen LogP contribution is 2.31. The molecule has 0 saturated carbocycles. The molecule has 0 saturated heterocycles. The van der Waals surface area contributed by atoms with Crippen molar-refractivity contribution in [2.45, 2.75) is 32.0 Å². The molecule has 0 aliphatic rings. The third kappa shape index (κ3) is 4.31. The molecule has 1 aromatic rings. The summed E-state index contributed by atoms with van der Waals surface area (Å²) in [6.45, 7) is 2.63. The predicted octanol–water partition coefficient (Wildman–Crippen LogP) is 3.13. The fourth-order valence-electron chi connectivity index (χ4n) is 1.77. The van der Waals surface area contributed by atoms with Crippen molar-refractivity contribution in [3.05, 3.63) is 35.4 Å². The summed E-state index contributed by atoms with van der Waals surface area (Å²) in [5.41, 5.74) is -0.0893. The lowest BCUT2D eigenvalue weighted by Crippen LogP contribution is -2.23. The van der Waals surface area contributed by atoms with Gasteiger partial charge >= 0.3 is 6.18 Å². The molecule has 0 aliphatic heterocycles. The van der Waals surface area contributed by atoms with E-state index in [0.29, 0.717) is 18.5 Å². The highest BCUT2D eigenvalue weighted by molar-refractivity contribution is 5.28. The van der Waals surface area contributed by atoms with E-state index in [1.165, 1.54) is 6.07 Å². The van der Waals surface area contributed by atoms with Crippen LogP contribution in [0.4, 0.5) is 13.2 Å². The van der Waals surface area contributed by atoms with Crippen molar-refractivity contribution in [3.8, 4) is 0 Å². The molecule has 1 unspecified atom stereocenters. The summed E-state index contributed by atoms with van der Waals surface area (Å²) < 4.78 is 37.8. The number of hydrogen-bond donors (Lipinski definition) is 2. The molecular weight excluding hydrogens is 243 g/mol. The van der Waals surface area contributed by atoms with Crippen molar-refractivity contribution in [3.63, 3.8) is 0 Å². The Morgan fingerprint density at radius 1 is 1.33 bits per heavy atom. The second kappa shape index (κ2) is 6.75. The van der Waals surface area contributed by atoms with Gasteiger partial charge in [-0.3, -0.25) is 0 Å². The molecule has 1 rings (SSSR count). The van der Waals surface area contributed by atoms with E-state index in [0.717, 1.165) is 18.6 Å². The first-order valence-electron chi connectivity index (χ1n) is 6.00. The minimum atomic E-state index is -4.33. The van der Waals surface area contributed by atoms with Gasteiger partial charge < -0.3 is 10.4 Å². The van der Waals surface area contributed by atoms with Gasteiger partial charge in [-0.25, -0.2) is 0 Å². The van der Waals surface area contributed by atoms with E-state index in [1.54, 1.807) is 6.07 Å². The van der Waals surface area contributed by atoms with Crippen LogP contribution in [0.25, 0.3) is 0 Å². The lowest BCUT2D eigenvalue weighted by molar-refractivity contribution is -0.137. The number of aliphatic hydroxyl groups excluding tert-OH is 1. The Hall–Kier alpha value is -1.07. The Morgan fingerprint density at radius 3 is 2.61 bits per heavy atom. The summed E-state index contributed by atoms with van der Waals surface area (Å²) in [5.74, 6) is 0. The largest absolute Gasteiger partial charge is 0.416 e. The van der Waals surface area contributed by atoms with Crippen LogP contribution in [0.5, 0.6) is 0 Å². The lowest BCUT2D eigenvalue weighted by atomic mass is 10.0. The molecule has 0 fully saturated rings. The normalized spacial score (nSPS) is 13.6. The highest BCUT2D eigenvalue weighted by Gasteiger charge is 2.30. The average molecular weight is 261 g/mol. The van der Waals surface area contributed by atoms with Crippen LogP contribution in [-0.4, -0.2) is 18.3 Å². The number of alkyl halides is 3. The second-order valence-electron chi connectivity index (χ2n) is 4.14. The Bertz CT molecular complexity index is 365. The summed E-state index contributed by atoms with van der Waals surface area (Å²) in [5, 5.41) is 12.1. The van der Waals surface area contributed by atoms with Crippen molar-refractivity contribution in [2.24, 2.45) is 0 Å². The molecule has 0 heterocycles. The van der Waals surface area contributed by atoms with E-state index in [1.807, 2.05) is 6.92 Å². The number of rotatable bonds is 6. The zero-order chi connectivity index (χ0) is 13.6. The van der Waals surface area contributed by atoms with Crippen LogP contribution in [0.15, 0.2) is 24.3 Å². The van der Waals surface area contributed by atoms with Gasteiger partial charge in [0.05, 0.1) is 5.56 Å². The molecule has 0 amide bonds. The fraction of sp³-hybridized carbons (Fsp3) is 0.538. The highest BCUT2D eigenvalue weighted by atomic mass is 19.4. The molecule has 102 valence electrons. The molecule has 0 bridgehead atoms. The lowest BCUT2D eigenvalue weighted by Gasteiger charge is -2.19. The zero-order valence-corrected chi connectivity index (χ0v) is 10.3. The maximum atomic E-state index is 12.6. The Balaban J connectivity index is 2.90. The van der Waals surface area contributed by atoms with E-state index in [2.05, 4.69) is 5.32 Å². The minimum absolute atomic E-state index is 0.0579. The van der Waals surface area contributed by atoms with E-state index >= 15 is 0 Å². The van der Waals surface area contributed by atoms with Crippen molar-refractivity contribution < 1.29 is 18.3 Å². The van der Waals surface area contributed by atoms with E-state index in [9.17, 15) is 13.2 Å². The Labute approximate surface area is 105 Å². The second-order valence-corrected chi connectivity index (χ2v) is 4.14. The van der Waals surface area contributed by atoms with Crippen molar-refractivity contribution in [1.29, 1.82) is 0 Å². The number of benzene rings is 1. The van der Waals surface area contributed by atoms with Crippen molar-refractivity contribution in [2.75, 3.05) is 13.2 Å². The van der Waals surface area contributed by atoms with Crippen molar-refractivity contribution >= 4 is 0 Å². The topological polar surface area (TPSA) is 32.3 Å². The Morgan fingerprint density at radius 2 is 2.06 bits per heavy atom. The maximum absolute atomic E-state index is 12.6. The molecule has 1 aromatic carbocycles. The van der Waals surface area contributed by atoms with E-state index in [-0.39, 0.29) is 12.6 Å². The van der Waals surface area contributed by atoms with E-state index < -0.39 is 11.7 Å². The molecule has 0 spiro atoms.